The Kier molecular flexibility index (Phi) is 3.82. The molecule has 0 unspecified atom stereocenters. The molecule has 4 saturated carbocycles. The van der Waals surface area contributed by atoms with Crippen molar-refractivity contribution in [2.75, 3.05) is 0 Å². The van der Waals surface area contributed by atoms with Gasteiger partial charge in [0.2, 0.25) is 0 Å². The van der Waals surface area contributed by atoms with Crippen LogP contribution in [0, 0.1) is 23.2 Å². The molecule has 4 aliphatic rings. The fourth-order valence-electron chi connectivity index (χ4n) is 6.19. The van der Waals surface area contributed by atoms with Crippen LogP contribution >= 0.6 is 15.9 Å². The number of carbonyl (C=O) groups excluding carboxylic acids is 1. The van der Waals surface area contributed by atoms with Gasteiger partial charge in [-0.1, -0.05) is 6.92 Å². The maximum Gasteiger partial charge on any atom is 0.270 e. The van der Waals surface area contributed by atoms with Crippen LogP contribution in [0.1, 0.15) is 62.4 Å². The number of amides is 1. The maximum atomic E-state index is 12.8. The van der Waals surface area contributed by atoms with Gasteiger partial charge in [0.05, 0.1) is 10.7 Å². The average molecular weight is 380 g/mol. The Morgan fingerprint density at radius 1 is 1.35 bits per heavy atom. The van der Waals surface area contributed by atoms with E-state index in [1.807, 2.05) is 7.05 Å². The zero-order chi connectivity index (χ0) is 16.2. The molecule has 1 N–H and O–H groups in total. The average Bonchev–Trinajstić information content (AvgIpc) is 2.82. The number of halogens is 1. The lowest BCUT2D eigenvalue weighted by Gasteiger charge is -2.59. The van der Waals surface area contributed by atoms with Gasteiger partial charge < -0.3 is 5.32 Å². The molecule has 5 rings (SSSR count). The second-order valence-corrected chi connectivity index (χ2v) is 9.03. The first kappa shape index (κ1) is 15.7. The van der Waals surface area contributed by atoms with Crippen molar-refractivity contribution in [3.63, 3.8) is 0 Å². The predicted molar refractivity (Wildman–Crippen MR) is 93.1 cm³/mol. The van der Waals surface area contributed by atoms with Gasteiger partial charge in [-0.2, -0.15) is 5.10 Å². The van der Waals surface area contributed by atoms with E-state index in [0.717, 1.165) is 28.6 Å². The van der Waals surface area contributed by atoms with Crippen molar-refractivity contribution in [3.8, 4) is 0 Å². The predicted octanol–water partition coefficient (Wildman–Crippen LogP) is 3.91. The summed E-state index contributed by atoms with van der Waals surface area (Å²) in [7, 11) is 1.82. The second kappa shape index (κ2) is 5.61. The molecule has 5 heteroatoms. The largest absolute Gasteiger partial charge is 0.347 e. The number of nitrogens with zero attached hydrogens (tertiary/aromatic N) is 2. The van der Waals surface area contributed by atoms with Gasteiger partial charge in [-0.15, -0.1) is 0 Å². The number of aryl methyl sites for hydroxylation is 1. The molecular formula is C18H26BrN3O. The van der Waals surface area contributed by atoms with Gasteiger partial charge >= 0.3 is 0 Å². The van der Waals surface area contributed by atoms with E-state index >= 15 is 0 Å². The second-order valence-electron chi connectivity index (χ2n) is 8.18. The van der Waals surface area contributed by atoms with E-state index in [1.165, 1.54) is 38.5 Å². The highest BCUT2D eigenvalue weighted by atomic mass is 79.9. The molecule has 0 saturated heterocycles. The number of hydrogen-bond donors (Lipinski definition) is 1. The molecule has 4 bridgehead atoms. The molecule has 1 aromatic rings. The highest BCUT2D eigenvalue weighted by Gasteiger charge is 2.54. The van der Waals surface area contributed by atoms with Crippen molar-refractivity contribution < 1.29 is 4.79 Å². The summed E-state index contributed by atoms with van der Waals surface area (Å²) in [5.41, 5.74) is 0.984. The first-order chi connectivity index (χ1) is 11.0. The normalized spacial score (nSPS) is 36.2. The Bertz CT molecular complexity index is 569. The van der Waals surface area contributed by atoms with Crippen LogP contribution in [-0.2, 0) is 7.05 Å². The fourth-order valence-corrected chi connectivity index (χ4v) is 6.71. The number of hydrogen-bond acceptors (Lipinski definition) is 2. The third-order valence-corrected chi connectivity index (χ3v) is 7.23. The van der Waals surface area contributed by atoms with Crippen molar-refractivity contribution in [2.24, 2.45) is 30.2 Å². The lowest BCUT2D eigenvalue weighted by molar-refractivity contribution is -0.0727. The van der Waals surface area contributed by atoms with Crippen LogP contribution < -0.4 is 5.32 Å². The van der Waals surface area contributed by atoms with E-state index in [9.17, 15) is 4.79 Å². The highest BCUT2D eigenvalue weighted by Crippen LogP contribution is 2.61. The third kappa shape index (κ3) is 2.55. The summed E-state index contributed by atoms with van der Waals surface area (Å²) in [6.45, 7) is 2.22. The molecule has 4 aliphatic carbocycles. The SMILES string of the molecule is CC[C@H](NC(=O)c1c(Br)cnn1C)C12CC3CC(CC(C3)C1)C2. The summed E-state index contributed by atoms with van der Waals surface area (Å²) in [6.07, 6.45) is 11.0. The molecule has 1 heterocycles. The quantitative estimate of drug-likeness (QED) is 0.861. The maximum absolute atomic E-state index is 12.8. The van der Waals surface area contributed by atoms with E-state index in [1.54, 1.807) is 10.9 Å². The van der Waals surface area contributed by atoms with E-state index in [2.05, 4.69) is 33.3 Å². The van der Waals surface area contributed by atoms with Crippen LogP contribution in [0.15, 0.2) is 10.7 Å². The van der Waals surface area contributed by atoms with Crippen molar-refractivity contribution in [1.29, 1.82) is 0 Å². The van der Waals surface area contributed by atoms with Crippen LogP contribution in [0.4, 0.5) is 0 Å². The van der Waals surface area contributed by atoms with E-state index in [-0.39, 0.29) is 5.91 Å². The molecule has 1 amide bonds. The van der Waals surface area contributed by atoms with Gasteiger partial charge in [-0.3, -0.25) is 9.48 Å². The minimum atomic E-state index is 0.0134. The number of aromatic nitrogens is 2. The van der Waals surface area contributed by atoms with Gasteiger partial charge in [0.1, 0.15) is 5.69 Å². The lowest BCUT2D eigenvalue weighted by atomic mass is 9.47. The van der Waals surface area contributed by atoms with Crippen LogP contribution in [-0.4, -0.2) is 21.7 Å². The summed E-state index contributed by atoms with van der Waals surface area (Å²) < 4.78 is 2.43. The summed E-state index contributed by atoms with van der Waals surface area (Å²) in [5, 5.41) is 7.55. The van der Waals surface area contributed by atoms with Crippen LogP contribution in [0.5, 0.6) is 0 Å². The molecule has 0 aliphatic heterocycles. The standard InChI is InChI=1S/C18H26BrN3O/c1-3-15(21-17(23)16-14(19)10-20-22(16)2)18-7-11-4-12(8-18)6-13(5-11)9-18/h10-13,15H,3-9H2,1-2H3,(H,21,23)/t11?,12?,13?,15-,18?/m0/s1. The van der Waals surface area contributed by atoms with Crippen molar-refractivity contribution in [2.45, 2.75) is 57.9 Å². The minimum Gasteiger partial charge on any atom is -0.347 e. The zero-order valence-electron chi connectivity index (χ0n) is 14.0. The topological polar surface area (TPSA) is 46.9 Å². The Labute approximate surface area is 146 Å². The van der Waals surface area contributed by atoms with Gasteiger partial charge in [-0.05, 0) is 84.0 Å². The smallest absolute Gasteiger partial charge is 0.270 e. The summed E-state index contributed by atoms with van der Waals surface area (Å²) >= 11 is 3.45. The van der Waals surface area contributed by atoms with Gasteiger partial charge in [-0.25, -0.2) is 0 Å². The summed E-state index contributed by atoms with van der Waals surface area (Å²) in [6, 6.07) is 0.296. The van der Waals surface area contributed by atoms with E-state index in [0.29, 0.717) is 17.2 Å². The molecule has 126 valence electrons. The number of nitrogens with one attached hydrogen (secondary N) is 1. The fraction of sp³-hybridized carbons (Fsp3) is 0.778. The number of carbonyl (C=O) groups is 1. The first-order valence-electron chi connectivity index (χ1n) is 8.99. The highest BCUT2D eigenvalue weighted by molar-refractivity contribution is 9.10. The molecule has 0 radical (unpaired) electrons. The summed E-state index contributed by atoms with van der Waals surface area (Å²) in [5.74, 6) is 2.75. The van der Waals surface area contributed by atoms with Crippen molar-refractivity contribution >= 4 is 21.8 Å². The molecular weight excluding hydrogens is 354 g/mol. The van der Waals surface area contributed by atoms with E-state index in [4.69, 9.17) is 0 Å². The molecule has 0 aromatic carbocycles. The zero-order valence-corrected chi connectivity index (χ0v) is 15.6. The molecule has 1 aromatic heterocycles. The third-order valence-electron chi connectivity index (χ3n) is 6.65. The van der Waals surface area contributed by atoms with Gasteiger partial charge in [0.25, 0.3) is 5.91 Å². The Morgan fingerprint density at radius 2 is 1.91 bits per heavy atom. The lowest BCUT2D eigenvalue weighted by Crippen LogP contribution is -2.56. The molecule has 0 spiro atoms. The number of rotatable bonds is 4. The van der Waals surface area contributed by atoms with Crippen LogP contribution in [0.3, 0.4) is 0 Å². The Balaban J connectivity index is 1.56. The Morgan fingerprint density at radius 3 is 2.35 bits per heavy atom. The minimum absolute atomic E-state index is 0.0134. The Hall–Kier alpha value is -0.840. The molecule has 23 heavy (non-hydrogen) atoms. The molecule has 4 nitrogen and oxygen atoms in total. The monoisotopic (exact) mass is 379 g/mol. The van der Waals surface area contributed by atoms with Gasteiger partial charge in [0.15, 0.2) is 0 Å². The van der Waals surface area contributed by atoms with Crippen LogP contribution in [0.25, 0.3) is 0 Å². The molecule has 4 fully saturated rings. The summed E-state index contributed by atoms with van der Waals surface area (Å²) in [4.78, 5) is 12.8. The van der Waals surface area contributed by atoms with Crippen LogP contribution in [0.2, 0.25) is 0 Å². The van der Waals surface area contributed by atoms with E-state index < -0.39 is 0 Å². The van der Waals surface area contributed by atoms with Crippen molar-refractivity contribution in [3.05, 3.63) is 16.4 Å². The van der Waals surface area contributed by atoms with Gasteiger partial charge in [0, 0.05) is 13.1 Å². The van der Waals surface area contributed by atoms with Crippen molar-refractivity contribution in [1.82, 2.24) is 15.1 Å². The first-order valence-corrected chi connectivity index (χ1v) is 9.78. The molecule has 1 atom stereocenters.